The third kappa shape index (κ3) is 2.85. The summed E-state index contributed by atoms with van der Waals surface area (Å²) < 4.78 is 2.32. The van der Waals surface area contributed by atoms with Crippen LogP contribution in [0.25, 0.3) is 21.7 Å². The molecule has 0 unspecified atom stereocenters. The summed E-state index contributed by atoms with van der Waals surface area (Å²) in [4.78, 5) is 0. The second-order valence-electron chi connectivity index (χ2n) is 6.58. The highest BCUT2D eigenvalue weighted by atomic mass is 15.0. The third-order valence-corrected chi connectivity index (χ3v) is 4.87. The molecule has 26 heavy (non-hydrogen) atoms. The van der Waals surface area contributed by atoms with Crippen LogP contribution in [0.5, 0.6) is 0 Å². The Balaban J connectivity index is 1.89. The van der Waals surface area contributed by atoms with E-state index in [0.717, 1.165) is 24.2 Å². The summed E-state index contributed by atoms with van der Waals surface area (Å²) in [7, 11) is 1.96. The molecule has 4 nitrogen and oxygen atoms in total. The van der Waals surface area contributed by atoms with Crippen LogP contribution in [0.1, 0.15) is 16.8 Å². The van der Waals surface area contributed by atoms with Crippen LogP contribution in [-0.4, -0.2) is 17.5 Å². The number of nitrogen functional groups attached to an aromatic ring is 1. The van der Waals surface area contributed by atoms with Gasteiger partial charge in [0.05, 0.1) is 0 Å². The van der Waals surface area contributed by atoms with Crippen molar-refractivity contribution in [1.29, 1.82) is 5.41 Å². The number of rotatable bonds is 5. The van der Waals surface area contributed by atoms with E-state index in [0.29, 0.717) is 0 Å². The lowest BCUT2D eigenvalue weighted by atomic mass is 10.0. The molecule has 0 aliphatic heterocycles. The molecule has 4 heteroatoms. The molecule has 0 aliphatic carbocycles. The standard InChI is InChI=1S/C22H22N4/c1-25-13-19-11-16-9-10-17(22(23)24)12-21(16)26(19)14-18-7-4-6-15-5-2-3-8-20(15)18/h2-12,25H,13-14H2,1H3,(H3,23,24). The van der Waals surface area contributed by atoms with Crippen molar-refractivity contribution in [2.45, 2.75) is 13.1 Å². The van der Waals surface area contributed by atoms with E-state index < -0.39 is 0 Å². The Hall–Kier alpha value is -3.11. The first-order valence-corrected chi connectivity index (χ1v) is 8.75. The number of hydrogen-bond acceptors (Lipinski definition) is 2. The Morgan fingerprint density at radius 1 is 1.00 bits per heavy atom. The molecule has 0 spiro atoms. The molecule has 0 saturated heterocycles. The predicted molar refractivity (Wildman–Crippen MR) is 109 cm³/mol. The highest BCUT2D eigenvalue weighted by molar-refractivity contribution is 5.98. The normalized spacial score (nSPS) is 11.3. The van der Waals surface area contributed by atoms with Crippen LogP contribution in [0.2, 0.25) is 0 Å². The lowest BCUT2D eigenvalue weighted by Gasteiger charge is -2.13. The Morgan fingerprint density at radius 3 is 2.62 bits per heavy atom. The molecule has 4 aromatic rings. The van der Waals surface area contributed by atoms with Crippen molar-refractivity contribution in [1.82, 2.24) is 9.88 Å². The topological polar surface area (TPSA) is 66.8 Å². The summed E-state index contributed by atoms with van der Waals surface area (Å²) in [6.07, 6.45) is 0. The number of aromatic nitrogens is 1. The first-order valence-electron chi connectivity index (χ1n) is 8.75. The van der Waals surface area contributed by atoms with Crippen molar-refractivity contribution >= 4 is 27.5 Å². The van der Waals surface area contributed by atoms with Gasteiger partial charge in [-0.1, -0.05) is 54.6 Å². The molecule has 4 rings (SSSR count). The number of benzene rings is 3. The van der Waals surface area contributed by atoms with E-state index in [1.54, 1.807) is 0 Å². The Kier molecular flexibility index (Phi) is 4.19. The van der Waals surface area contributed by atoms with Crippen LogP contribution >= 0.6 is 0 Å². The molecular formula is C22H22N4. The van der Waals surface area contributed by atoms with E-state index in [2.05, 4.69) is 58.4 Å². The van der Waals surface area contributed by atoms with Crippen LogP contribution in [0.15, 0.2) is 66.7 Å². The average molecular weight is 342 g/mol. The summed E-state index contributed by atoms with van der Waals surface area (Å²) in [5.41, 5.74) is 10.1. The number of fused-ring (bicyclic) bond motifs is 2. The number of nitrogens with zero attached hydrogens (tertiary/aromatic N) is 1. The molecule has 0 atom stereocenters. The zero-order valence-electron chi connectivity index (χ0n) is 14.8. The number of hydrogen-bond donors (Lipinski definition) is 3. The Morgan fingerprint density at radius 2 is 1.81 bits per heavy atom. The van der Waals surface area contributed by atoms with Gasteiger partial charge < -0.3 is 15.6 Å². The van der Waals surface area contributed by atoms with Gasteiger partial charge in [0, 0.05) is 29.9 Å². The predicted octanol–water partition coefficient (Wildman–Crippen LogP) is 3.85. The minimum atomic E-state index is 0.0972. The maximum Gasteiger partial charge on any atom is 0.122 e. The number of nitrogens with two attached hydrogens (primary N) is 1. The second kappa shape index (κ2) is 6.65. The summed E-state index contributed by atoms with van der Waals surface area (Å²) in [5.74, 6) is 0.0972. The lowest BCUT2D eigenvalue weighted by molar-refractivity contribution is 0.711. The lowest BCUT2D eigenvalue weighted by Crippen LogP contribution is -2.13. The fourth-order valence-electron chi connectivity index (χ4n) is 3.59. The molecule has 0 amide bonds. The number of nitrogens with one attached hydrogen (secondary N) is 2. The second-order valence-corrected chi connectivity index (χ2v) is 6.58. The first kappa shape index (κ1) is 16.4. The number of amidine groups is 1. The van der Waals surface area contributed by atoms with Crippen molar-refractivity contribution in [3.8, 4) is 0 Å². The van der Waals surface area contributed by atoms with E-state index >= 15 is 0 Å². The maximum atomic E-state index is 7.75. The largest absolute Gasteiger partial charge is 0.384 e. The first-order chi connectivity index (χ1) is 12.7. The molecule has 3 aromatic carbocycles. The van der Waals surface area contributed by atoms with Gasteiger partial charge in [0.25, 0.3) is 0 Å². The van der Waals surface area contributed by atoms with E-state index in [9.17, 15) is 0 Å². The summed E-state index contributed by atoms with van der Waals surface area (Å²) in [6, 6.07) is 23.1. The summed E-state index contributed by atoms with van der Waals surface area (Å²) >= 11 is 0. The smallest absolute Gasteiger partial charge is 0.122 e. The fourth-order valence-corrected chi connectivity index (χ4v) is 3.59. The van der Waals surface area contributed by atoms with Gasteiger partial charge >= 0.3 is 0 Å². The molecule has 0 bridgehead atoms. The van der Waals surface area contributed by atoms with Crippen LogP contribution in [0.3, 0.4) is 0 Å². The molecule has 0 radical (unpaired) electrons. The van der Waals surface area contributed by atoms with Gasteiger partial charge in [-0.25, -0.2) is 0 Å². The van der Waals surface area contributed by atoms with Crippen molar-refractivity contribution < 1.29 is 0 Å². The van der Waals surface area contributed by atoms with E-state index in [-0.39, 0.29) is 5.84 Å². The van der Waals surface area contributed by atoms with Crippen LogP contribution < -0.4 is 11.1 Å². The molecule has 0 fully saturated rings. The quantitative estimate of drug-likeness (QED) is 0.381. The molecule has 1 aromatic heterocycles. The van der Waals surface area contributed by atoms with Crippen molar-refractivity contribution in [2.24, 2.45) is 5.73 Å². The SMILES string of the molecule is CNCc1cc2ccc(C(=N)N)cc2n1Cc1cccc2ccccc12. The summed E-state index contributed by atoms with van der Waals surface area (Å²) in [5, 5.41) is 14.7. The Bertz CT molecular complexity index is 1100. The zero-order chi connectivity index (χ0) is 18.1. The average Bonchev–Trinajstić information content (AvgIpc) is 2.99. The minimum Gasteiger partial charge on any atom is -0.384 e. The third-order valence-electron chi connectivity index (χ3n) is 4.87. The monoisotopic (exact) mass is 342 g/mol. The highest BCUT2D eigenvalue weighted by Crippen LogP contribution is 2.25. The molecule has 4 N–H and O–H groups in total. The Labute approximate surface area is 152 Å². The van der Waals surface area contributed by atoms with Crippen molar-refractivity contribution in [3.05, 3.63) is 83.6 Å². The van der Waals surface area contributed by atoms with E-state index in [1.165, 1.54) is 27.4 Å². The fraction of sp³-hybridized carbons (Fsp3) is 0.136. The molecule has 1 heterocycles. The van der Waals surface area contributed by atoms with Gasteiger partial charge in [-0.15, -0.1) is 0 Å². The minimum absolute atomic E-state index is 0.0972. The van der Waals surface area contributed by atoms with E-state index in [4.69, 9.17) is 11.1 Å². The maximum absolute atomic E-state index is 7.75. The zero-order valence-corrected chi connectivity index (χ0v) is 14.8. The molecule has 130 valence electrons. The van der Waals surface area contributed by atoms with Crippen LogP contribution in [-0.2, 0) is 13.1 Å². The van der Waals surface area contributed by atoms with Gasteiger partial charge in [0.2, 0.25) is 0 Å². The van der Waals surface area contributed by atoms with Gasteiger partial charge in [-0.05, 0) is 40.9 Å². The molecular weight excluding hydrogens is 320 g/mol. The summed E-state index contributed by atoms with van der Waals surface area (Å²) in [6.45, 7) is 1.57. The van der Waals surface area contributed by atoms with Crippen LogP contribution in [0.4, 0.5) is 0 Å². The van der Waals surface area contributed by atoms with Gasteiger partial charge in [0.1, 0.15) is 5.84 Å². The van der Waals surface area contributed by atoms with Crippen molar-refractivity contribution in [3.63, 3.8) is 0 Å². The van der Waals surface area contributed by atoms with Crippen molar-refractivity contribution in [2.75, 3.05) is 7.05 Å². The highest BCUT2D eigenvalue weighted by Gasteiger charge is 2.12. The molecule has 0 saturated carbocycles. The van der Waals surface area contributed by atoms with Crippen LogP contribution in [0, 0.1) is 5.41 Å². The molecule has 0 aliphatic rings. The van der Waals surface area contributed by atoms with Gasteiger partial charge in [0.15, 0.2) is 0 Å². The van der Waals surface area contributed by atoms with Gasteiger partial charge in [-0.3, -0.25) is 5.41 Å². The van der Waals surface area contributed by atoms with Gasteiger partial charge in [-0.2, -0.15) is 0 Å². The van der Waals surface area contributed by atoms with E-state index in [1.807, 2.05) is 25.2 Å².